The third-order valence-corrected chi connectivity index (χ3v) is 7.62. The highest BCUT2D eigenvalue weighted by Gasteiger charge is 2.27. The fraction of sp³-hybridized carbons (Fsp3) is 0.933. The molecule has 2 atom stereocenters. The van der Waals surface area contributed by atoms with Gasteiger partial charge in [0.05, 0.1) is 27.7 Å². The average Bonchev–Trinajstić information content (AvgIpc) is 2.88. The summed E-state index contributed by atoms with van der Waals surface area (Å²) in [5, 5.41) is 0. The van der Waals surface area contributed by atoms with Gasteiger partial charge in [0.1, 0.15) is 19.8 Å². The zero-order valence-electron chi connectivity index (χ0n) is 26.3. The van der Waals surface area contributed by atoms with Crippen LogP contribution in [0.1, 0.15) is 129 Å². The van der Waals surface area contributed by atoms with Crippen LogP contribution in [0.4, 0.5) is 0 Å². The van der Waals surface area contributed by atoms with Gasteiger partial charge in [-0.3, -0.25) is 18.6 Å². The lowest BCUT2D eigenvalue weighted by atomic mass is 10.1. The Labute approximate surface area is 244 Å². The van der Waals surface area contributed by atoms with Gasteiger partial charge in [-0.25, -0.2) is 4.57 Å². The average molecular weight is 595 g/mol. The number of carbonyl (C=O) groups excluding carboxylic acids is 2. The van der Waals surface area contributed by atoms with E-state index in [0.29, 0.717) is 23.9 Å². The largest absolute Gasteiger partial charge is 0.472 e. The molecule has 238 valence electrons. The molecule has 0 amide bonds. The summed E-state index contributed by atoms with van der Waals surface area (Å²) in [7, 11) is 1.48. The Morgan fingerprint density at radius 2 is 1.12 bits per heavy atom. The second-order valence-corrected chi connectivity index (χ2v) is 13.3. The van der Waals surface area contributed by atoms with E-state index in [1.165, 1.54) is 57.8 Å². The Balaban J connectivity index is 4.52. The maximum absolute atomic E-state index is 12.4. The molecule has 0 aromatic heterocycles. The lowest BCUT2D eigenvalue weighted by Crippen LogP contribution is -2.37. The maximum atomic E-state index is 12.4. The molecule has 0 saturated carbocycles. The van der Waals surface area contributed by atoms with Gasteiger partial charge < -0.3 is 18.9 Å². The van der Waals surface area contributed by atoms with Crippen molar-refractivity contribution in [1.29, 1.82) is 0 Å². The molecule has 0 fully saturated rings. The zero-order chi connectivity index (χ0) is 30.1. The number of phosphoric ester groups is 1. The summed E-state index contributed by atoms with van der Waals surface area (Å²) in [5.74, 6) is -0.807. The van der Waals surface area contributed by atoms with Gasteiger partial charge in [-0.2, -0.15) is 0 Å². The molecule has 40 heavy (non-hydrogen) atoms. The van der Waals surface area contributed by atoms with Gasteiger partial charge in [0.15, 0.2) is 6.10 Å². The topological polar surface area (TPSA) is 108 Å². The molecule has 0 heterocycles. The SMILES string of the molecule is CCCCCCCCCCCC(=O)OC[C@@H](COP(=O)(O)OCC[N+](C)(C)C)OC(=O)CCCCCCCCC. The second-order valence-electron chi connectivity index (χ2n) is 11.9. The van der Waals surface area contributed by atoms with E-state index >= 15 is 0 Å². The number of phosphoric acid groups is 1. The molecule has 0 aliphatic carbocycles. The Morgan fingerprint density at radius 1 is 0.675 bits per heavy atom. The first-order valence-corrected chi connectivity index (χ1v) is 17.3. The van der Waals surface area contributed by atoms with Gasteiger partial charge in [-0.15, -0.1) is 0 Å². The number of esters is 2. The lowest BCUT2D eigenvalue weighted by Gasteiger charge is -2.24. The van der Waals surface area contributed by atoms with Gasteiger partial charge in [-0.05, 0) is 12.8 Å². The number of likely N-dealkylation sites (N-methyl/N-ethyl adjacent to an activating group) is 1. The van der Waals surface area contributed by atoms with E-state index < -0.39 is 26.5 Å². The Hall–Kier alpha value is -0.990. The van der Waals surface area contributed by atoms with Gasteiger partial charge in [0, 0.05) is 12.8 Å². The van der Waals surface area contributed by atoms with Crippen molar-refractivity contribution >= 4 is 19.8 Å². The highest BCUT2D eigenvalue weighted by molar-refractivity contribution is 7.47. The standard InChI is InChI=1S/C30H60NO8P/c1-6-8-10-12-14-15-17-18-20-22-29(32)36-26-28(27-38-40(34,35)37-25-24-31(3,4)5)39-30(33)23-21-19-16-13-11-9-7-2/h28H,6-27H2,1-5H3/p+1/t28-/m0/s1. The van der Waals surface area contributed by atoms with Crippen LogP contribution in [0.3, 0.4) is 0 Å². The quantitative estimate of drug-likeness (QED) is 0.0434. The summed E-state index contributed by atoms with van der Waals surface area (Å²) in [6.45, 7) is 4.32. The number of nitrogens with zero attached hydrogens (tertiary/aromatic N) is 1. The summed E-state index contributed by atoms with van der Waals surface area (Å²) in [6, 6.07) is 0. The summed E-state index contributed by atoms with van der Waals surface area (Å²) in [4.78, 5) is 34.7. The third-order valence-electron chi connectivity index (χ3n) is 6.64. The predicted octanol–water partition coefficient (Wildman–Crippen LogP) is 7.34. The van der Waals surface area contributed by atoms with E-state index in [0.717, 1.165) is 38.5 Å². The molecule has 0 aliphatic heterocycles. The first kappa shape index (κ1) is 39.0. The highest BCUT2D eigenvalue weighted by atomic mass is 31.2. The smallest absolute Gasteiger partial charge is 0.462 e. The van der Waals surface area contributed by atoms with E-state index in [1.807, 2.05) is 21.1 Å². The van der Waals surface area contributed by atoms with Crippen LogP contribution in [-0.4, -0.2) is 74.9 Å². The number of ether oxygens (including phenoxy) is 2. The molecule has 0 spiro atoms. The molecule has 0 aromatic carbocycles. The van der Waals surface area contributed by atoms with Crippen molar-refractivity contribution in [3.63, 3.8) is 0 Å². The van der Waals surface area contributed by atoms with Crippen molar-refractivity contribution in [3.8, 4) is 0 Å². The van der Waals surface area contributed by atoms with Crippen molar-refractivity contribution in [2.75, 3.05) is 47.5 Å². The molecule has 0 saturated heterocycles. The number of quaternary nitrogens is 1. The molecule has 0 rings (SSSR count). The molecule has 0 bridgehead atoms. The van der Waals surface area contributed by atoms with E-state index in [-0.39, 0.29) is 25.6 Å². The fourth-order valence-electron chi connectivity index (χ4n) is 4.07. The zero-order valence-corrected chi connectivity index (χ0v) is 27.2. The molecule has 9 nitrogen and oxygen atoms in total. The Morgan fingerprint density at radius 3 is 1.60 bits per heavy atom. The number of carbonyl (C=O) groups is 2. The van der Waals surface area contributed by atoms with Crippen molar-refractivity contribution in [2.24, 2.45) is 0 Å². The minimum atomic E-state index is -4.34. The number of hydrogen-bond donors (Lipinski definition) is 1. The van der Waals surface area contributed by atoms with Crippen molar-refractivity contribution in [1.82, 2.24) is 0 Å². The molecule has 1 unspecified atom stereocenters. The van der Waals surface area contributed by atoms with Gasteiger partial charge in [0.25, 0.3) is 0 Å². The molecule has 1 N–H and O–H groups in total. The minimum Gasteiger partial charge on any atom is -0.462 e. The summed E-state index contributed by atoms with van der Waals surface area (Å²) in [5.41, 5.74) is 0. The van der Waals surface area contributed by atoms with Crippen molar-refractivity contribution in [2.45, 2.75) is 136 Å². The molecule has 0 aromatic rings. The highest BCUT2D eigenvalue weighted by Crippen LogP contribution is 2.43. The van der Waals surface area contributed by atoms with Gasteiger partial charge in [0.2, 0.25) is 0 Å². The molecular formula is C30H61NO8P+. The van der Waals surface area contributed by atoms with Crippen LogP contribution in [-0.2, 0) is 32.7 Å². The molecule has 0 aliphatic rings. The maximum Gasteiger partial charge on any atom is 0.472 e. The van der Waals surface area contributed by atoms with Crippen LogP contribution in [0.5, 0.6) is 0 Å². The molecule has 0 radical (unpaired) electrons. The lowest BCUT2D eigenvalue weighted by molar-refractivity contribution is -0.870. The van der Waals surface area contributed by atoms with Crippen molar-refractivity contribution in [3.05, 3.63) is 0 Å². The first-order chi connectivity index (χ1) is 19.0. The summed E-state index contributed by atoms with van der Waals surface area (Å²) < 4.78 is 33.8. The fourth-order valence-corrected chi connectivity index (χ4v) is 4.81. The second kappa shape index (κ2) is 24.6. The Bertz CT molecular complexity index is 683. The first-order valence-electron chi connectivity index (χ1n) is 15.8. The van der Waals surface area contributed by atoms with Crippen LogP contribution in [0.25, 0.3) is 0 Å². The van der Waals surface area contributed by atoms with Crippen molar-refractivity contribution < 1.29 is 42.1 Å². The monoisotopic (exact) mass is 594 g/mol. The summed E-state index contributed by atoms with van der Waals surface area (Å²) >= 11 is 0. The third kappa shape index (κ3) is 27.2. The number of rotatable bonds is 28. The molecule has 10 heteroatoms. The van der Waals surface area contributed by atoms with Crippen LogP contribution in [0.2, 0.25) is 0 Å². The Kier molecular flexibility index (Phi) is 24.0. The van der Waals surface area contributed by atoms with Gasteiger partial charge >= 0.3 is 19.8 Å². The van der Waals surface area contributed by atoms with Crippen LogP contribution in [0.15, 0.2) is 0 Å². The van der Waals surface area contributed by atoms with E-state index in [1.54, 1.807) is 0 Å². The summed E-state index contributed by atoms with van der Waals surface area (Å²) in [6.07, 6.45) is 17.5. The van der Waals surface area contributed by atoms with Crippen LogP contribution >= 0.6 is 7.82 Å². The normalized spacial score (nSPS) is 14.1. The predicted molar refractivity (Wildman–Crippen MR) is 160 cm³/mol. The van der Waals surface area contributed by atoms with Gasteiger partial charge in [-0.1, -0.05) is 104 Å². The minimum absolute atomic E-state index is 0.0354. The van der Waals surface area contributed by atoms with Crippen LogP contribution in [0, 0.1) is 0 Å². The number of unbranched alkanes of at least 4 members (excludes halogenated alkanes) is 14. The molecular weight excluding hydrogens is 533 g/mol. The van der Waals surface area contributed by atoms with Crippen LogP contribution < -0.4 is 0 Å². The number of hydrogen-bond acceptors (Lipinski definition) is 7. The van der Waals surface area contributed by atoms with E-state index in [4.69, 9.17) is 18.5 Å². The van der Waals surface area contributed by atoms with E-state index in [2.05, 4.69) is 13.8 Å². The van der Waals surface area contributed by atoms with E-state index in [9.17, 15) is 19.0 Å².